The third-order valence-corrected chi connectivity index (χ3v) is 9.89. The summed E-state index contributed by atoms with van der Waals surface area (Å²) < 4.78 is 40.2. The van der Waals surface area contributed by atoms with Gasteiger partial charge >= 0.3 is 0 Å². The van der Waals surface area contributed by atoms with E-state index in [1.54, 1.807) is 29.2 Å². The fraction of sp³-hybridized carbons (Fsp3) is 0.412. The molecule has 4 rings (SSSR count). The smallest absolute Gasteiger partial charge is 0.264 e. The van der Waals surface area contributed by atoms with Gasteiger partial charge in [-0.1, -0.05) is 67.8 Å². The molecular formula is C34H43N3O6S. The Kier molecular flexibility index (Phi) is 11.3. The summed E-state index contributed by atoms with van der Waals surface area (Å²) in [6.45, 7) is 3.56. The molecule has 0 aromatic heterocycles. The fourth-order valence-corrected chi connectivity index (χ4v) is 7.04. The summed E-state index contributed by atoms with van der Waals surface area (Å²) in [6.07, 6.45) is 4.89. The van der Waals surface area contributed by atoms with Crippen LogP contribution in [0.2, 0.25) is 0 Å². The van der Waals surface area contributed by atoms with Crippen LogP contribution >= 0.6 is 0 Å². The van der Waals surface area contributed by atoms with Crippen LogP contribution in [0.3, 0.4) is 0 Å². The van der Waals surface area contributed by atoms with Gasteiger partial charge in [-0.15, -0.1) is 0 Å². The predicted octanol–water partition coefficient (Wildman–Crippen LogP) is 5.12. The predicted molar refractivity (Wildman–Crippen MR) is 172 cm³/mol. The molecule has 1 unspecified atom stereocenters. The van der Waals surface area contributed by atoms with Crippen molar-refractivity contribution in [2.75, 3.05) is 31.6 Å². The number of hydrogen-bond donors (Lipinski definition) is 1. The molecule has 1 aliphatic rings. The van der Waals surface area contributed by atoms with Crippen molar-refractivity contribution < 1.29 is 27.5 Å². The van der Waals surface area contributed by atoms with E-state index in [1.807, 2.05) is 44.2 Å². The third kappa shape index (κ3) is 7.91. The minimum atomic E-state index is -4.24. The monoisotopic (exact) mass is 621 g/mol. The lowest BCUT2D eigenvalue weighted by Crippen LogP contribution is -2.54. The summed E-state index contributed by atoms with van der Waals surface area (Å²) in [6, 6.07) is 20.4. The number of aryl methyl sites for hydroxylation is 1. The first-order chi connectivity index (χ1) is 21.2. The lowest BCUT2D eigenvalue weighted by molar-refractivity contribution is -0.139. The normalized spacial score (nSPS) is 14.1. The molecule has 3 aromatic carbocycles. The van der Waals surface area contributed by atoms with Gasteiger partial charge in [-0.05, 0) is 62.4 Å². The lowest BCUT2D eigenvalue weighted by Gasteiger charge is -2.33. The highest BCUT2D eigenvalue weighted by atomic mass is 32.2. The van der Waals surface area contributed by atoms with Gasteiger partial charge in [0.05, 0.1) is 24.8 Å². The van der Waals surface area contributed by atoms with Crippen molar-refractivity contribution in [2.45, 2.75) is 69.4 Å². The van der Waals surface area contributed by atoms with Crippen LogP contribution in [-0.2, 0) is 26.0 Å². The zero-order valence-electron chi connectivity index (χ0n) is 26.0. The first kappa shape index (κ1) is 32.9. The van der Waals surface area contributed by atoms with Gasteiger partial charge in [0.2, 0.25) is 11.8 Å². The highest BCUT2D eigenvalue weighted by Crippen LogP contribution is 2.32. The SMILES string of the molecule is CCC(C(=O)NC1CCCC1)N(CCc1ccccc1)C(=O)CN(c1ccc(C)cc1)S(=O)(=O)c1ccc(OC)c(OC)c1. The summed E-state index contributed by atoms with van der Waals surface area (Å²) >= 11 is 0. The van der Waals surface area contributed by atoms with Crippen LogP contribution in [0.4, 0.5) is 5.69 Å². The summed E-state index contributed by atoms with van der Waals surface area (Å²) in [5.74, 6) is -0.0251. The number of rotatable bonds is 14. The van der Waals surface area contributed by atoms with Crippen LogP contribution in [0.15, 0.2) is 77.7 Å². The van der Waals surface area contributed by atoms with Crippen molar-refractivity contribution in [2.24, 2.45) is 0 Å². The molecular weight excluding hydrogens is 578 g/mol. The summed E-state index contributed by atoms with van der Waals surface area (Å²) in [5.41, 5.74) is 2.30. The molecule has 236 valence electrons. The zero-order valence-corrected chi connectivity index (χ0v) is 26.8. The van der Waals surface area contributed by atoms with E-state index in [4.69, 9.17) is 9.47 Å². The van der Waals surface area contributed by atoms with Crippen molar-refractivity contribution in [3.8, 4) is 11.5 Å². The molecule has 0 spiro atoms. The van der Waals surface area contributed by atoms with Crippen LogP contribution in [0.1, 0.15) is 50.2 Å². The molecule has 0 saturated heterocycles. The zero-order chi connectivity index (χ0) is 31.7. The molecule has 1 atom stereocenters. The Bertz CT molecular complexity index is 1510. The standard InChI is InChI=1S/C34H43N3O6S/c1-5-30(34(39)35-27-13-9-10-14-27)36(22-21-26-11-7-6-8-12-26)33(38)24-37(28-17-15-25(2)16-18-28)44(40,41)29-19-20-31(42-3)32(23-29)43-4/h6-8,11-12,15-20,23,27,30H,5,9-10,13-14,21-22,24H2,1-4H3,(H,35,39). The van der Waals surface area contributed by atoms with Gasteiger partial charge in [0.1, 0.15) is 12.6 Å². The molecule has 1 fully saturated rings. The number of methoxy groups -OCH3 is 2. The van der Waals surface area contributed by atoms with Crippen molar-refractivity contribution in [3.05, 3.63) is 83.9 Å². The van der Waals surface area contributed by atoms with Crippen LogP contribution in [0.25, 0.3) is 0 Å². The number of sulfonamides is 1. The quantitative estimate of drug-likeness (QED) is 0.268. The van der Waals surface area contributed by atoms with E-state index in [1.165, 1.54) is 32.4 Å². The number of amides is 2. The van der Waals surface area contributed by atoms with E-state index in [-0.39, 0.29) is 29.1 Å². The van der Waals surface area contributed by atoms with Gasteiger partial charge in [0, 0.05) is 18.7 Å². The molecule has 9 nitrogen and oxygen atoms in total. The topological polar surface area (TPSA) is 105 Å². The van der Waals surface area contributed by atoms with Crippen molar-refractivity contribution in [1.29, 1.82) is 0 Å². The Morgan fingerprint density at radius 2 is 1.59 bits per heavy atom. The lowest BCUT2D eigenvalue weighted by atomic mass is 10.1. The minimum absolute atomic E-state index is 0.0506. The molecule has 1 aliphatic carbocycles. The van der Waals surface area contributed by atoms with Gasteiger partial charge in [0.25, 0.3) is 10.0 Å². The van der Waals surface area contributed by atoms with Crippen molar-refractivity contribution in [1.82, 2.24) is 10.2 Å². The minimum Gasteiger partial charge on any atom is -0.493 e. The summed E-state index contributed by atoms with van der Waals surface area (Å²) in [5, 5.41) is 3.14. The molecule has 0 radical (unpaired) electrons. The van der Waals surface area contributed by atoms with Gasteiger partial charge in [-0.3, -0.25) is 13.9 Å². The number of carbonyl (C=O) groups is 2. The Morgan fingerprint density at radius 1 is 0.932 bits per heavy atom. The van der Waals surface area contributed by atoms with Crippen molar-refractivity contribution in [3.63, 3.8) is 0 Å². The third-order valence-electron chi connectivity index (χ3n) is 8.12. The van der Waals surface area contributed by atoms with E-state index in [9.17, 15) is 18.0 Å². The molecule has 0 aliphatic heterocycles. The van der Waals surface area contributed by atoms with E-state index in [0.717, 1.165) is 41.1 Å². The molecule has 10 heteroatoms. The molecule has 3 aromatic rings. The number of nitrogens with one attached hydrogen (secondary N) is 1. The number of anilines is 1. The second-order valence-corrected chi connectivity index (χ2v) is 13.0. The molecule has 0 heterocycles. The molecule has 0 bridgehead atoms. The Morgan fingerprint density at radius 3 is 2.20 bits per heavy atom. The summed E-state index contributed by atoms with van der Waals surface area (Å²) in [4.78, 5) is 29.3. The van der Waals surface area contributed by atoms with E-state index < -0.39 is 28.5 Å². The number of nitrogens with zero attached hydrogens (tertiary/aromatic N) is 2. The first-order valence-electron chi connectivity index (χ1n) is 15.1. The second kappa shape index (κ2) is 15.1. The maximum absolute atomic E-state index is 14.3. The van der Waals surface area contributed by atoms with Crippen LogP contribution in [0, 0.1) is 6.92 Å². The Hall–Kier alpha value is -4.05. The number of carbonyl (C=O) groups excluding carboxylic acids is 2. The van der Waals surface area contributed by atoms with Gasteiger partial charge in [0.15, 0.2) is 11.5 Å². The van der Waals surface area contributed by atoms with Gasteiger partial charge in [-0.25, -0.2) is 8.42 Å². The van der Waals surface area contributed by atoms with Crippen LogP contribution in [0.5, 0.6) is 11.5 Å². The second-order valence-electron chi connectivity index (χ2n) is 11.1. The maximum atomic E-state index is 14.3. The van der Waals surface area contributed by atoms with Gasteiger partial charge in [-0.2, -0.15) is 0 Å². The van der Waals surface area contributed by atoms with E-state index in [0.29, 0.717) is 24.3 Å². The molecule has 1 N–H and O–H groups in total. The highest BCUT2D eigenvalue weighted by Gasteiger charge is 2.34. The number of ether oxygens (including phenoxy) is 2. The van der Waals surface area contributed by atoms with Crippen molar-refractivity contribution >= 4 is 27.5 Å². The Balaban J connectivity index is 1.70. The number of benzene rings is 3. The molecule has 2 amide bonds. The van der Waals surface area contributed by atoms with E-state index in [2.05, 4.69) is 5.32 Å². The average Bonchev–Trinajstić information content (AvgIpc) is 3.55. The largest absolute Gasteiger partial charge is 0.493 e. The Labute approximate surface area is 261 Å². The molecule has 44 heavy (non-hydrogen) atoms. The molecule has 1 saturated carbocycles. The maximum Gasteiger partial charge on any atom is 0.264 e. The summed E-state index contributed by atoms with van der Waals surface area (Å²) in [7, 11) is -1.34. The fourth-order valence-electron chi connectivity index (χ4n) is 5.61. The number of hydrogen-bond acceptors (Lipinski definition) is 6. The van der Waals surface area contributed by atoms with Gasteiger partial charge < -0.3 is 19.7 Å². The van der Waals surface area contributed by atoms with Crippen LogP contribution < -0.4 is 19.1 Å². The first-order valence-corrected chi connectivity index (χ1v) is 16.6. The van der Waals surface area contributed by atoms with E-state index >= 15 is 0 Å². The average molecular weight is 622 g/mol. The highest BCUT2D eigenvalue weighted by molar-refractivity contribution is 7.92. The van der Waals surface area contributed by atoms with Crippen LogP contribution in [-0.4, -0.2) is 64.5 Å².